The van der Waals surface area contributed by atoms with E-state index in [1.54, 1.807) is 0 Å². The van der Waals surface area contributed by atoms with E-state index in [1.165, 1.54) is 5.56 Å². The molecule has 3 nitrogen and oxygen atoms in total. The standard InChI is InChI=1S/C19H24ClNO2/c1-4-10-23-19-12-17(20)15(11-18(19)22-5-2)13-21-16-8-6-14(3)7-9-16/h6-9,11-12,21H,4-5,10,13H2,1-3H3. The summed E-state index contributed by atoms with van der Waals surface area (Å²) in [6, 6.07) is 12.1. The summed E-state index contributed by atoms with van der Waals surface area (Å²) < 4.78 is 11.4. The Hall–Kier alpha value is -1.87. The molecule has 2 rings (SSSR count). The normalized spacial score (nSPS) is 10.4. The molecule has 0 saturated carbocycles. The van der Waals surface area contributed by atoms with Crippen LogP contribution in [0.3, 0.4) is 0 Å². The molecular formula is C19H24ClNO2. The van der Waals surface area contributed by atoms with Gasteiger partial charge in [0.05, 0.1) is 13.2 Å². The van der Waals surface area contributed by atoms with Gasteiger partial charge in [0.25, 0.3) is 0 Å². The van der Waals surface area contributed by atoms with Crippen LogP contribution in [0.2, 0.25) is 5.02 Å². The Balaban J connectivity index is 2.14. The van der Waals surface area contributed by atoms with Gasteiger partial charge in [0.15, 0.2) is 11.5 Å². The van der Waals surface area contributed by atoms with Crippen LogP contribution in [0.4, 0.5) is 5.69 Å². The Bertz CT molecular complexity index is 626. The van der Waals surface area contributed by atoms with Crippen LogP contribution in [0.1, 0.15) is 31.4 Å². The number of benzene rings is 2. The lowest BCUT2D eigenvalue weighted by atomic mass is 10.1. The van der Waals surface area contributed by atoms with Gasteiger partial charge in [-0.25, -0.2) is 0 Å². The highest BCUT2D eigenvalue weighted by molar-refractivity contribution is 6.31. The van der Waals surface area contributed by atoms with Crippen molar-refractivity contribution in [1.29, 1.82) is 0 Å². The molecule has 2 aromatic carbocycles. The Morgan fingerprint density at radius 3 is 2.35 bits per heavy atom. The van der Waals surface area contributed by atoms with Gasteiger partial charge in [-0.05, 0) is 44.0 Å². The van der Waals surface area contributed by atoms with Gasteiger partial charge in [0, 0.05) is 23.3 Å². The van der Waals surface area contributed by atoms with Crippen LogP contribution in [-0.2, 0) is 6.54 Å². The van der Waals surface area contributed by atoms with Crippen LogP contribution in [0.5, 0.6) is 11.5 Å². The van der Waals surface area contributed by atoms with E-state index in [-0.39, 0.29) is 0 Å². The van der Waals surface area contributed by atoms with Crippen LogP contribution in [-0.4, -0.2) is 13.2 Å². The van der Waals surface area contributed by atoms with E-state index < -0.39 is 0 Å². The molecule has 0 aliphatic heterocycles. The predicted octanol–water partition coefficient (Wildman–Crippen LogP) is 5.45. The first-order valence-electron chi connectivity index (χ1n) is 8.02. The van der Waals surface area contributed by atoms with E-state index in [1.807, 2.05) is 19.1 Å². The number of anilines is 1. The summed E-state index contributed by atoms with van der Waals surface area (Å²) >= 11 is 6.40. The minimum Gasteiger partial charge on any atom is -0.490 e. The van der Waals surface area contributed by atoms with Gasteiger partial charge in [0.2, 0.25) is 0 Å². The molecule has 0 unspecified atom stereocenters. The summed E-state index contributed by atoms with van der Waals surface area (Å²) in [5.74, 6) is 1.45. The van der Waals surface area contributed by atoms with Gasteiger partial charge in [-0.15, -0.1) is 0 Å². The first kappa shape index (κ1) is 17.5. The summed E-state index contributed by atoms with van der Waals surface area (Å²) in [5.41, 5.74) is 3.29. The van der Waals surface area contributed by atoms with Gasteiger partial charge in [-0.2, -0.15) is 0 Å². The summed E-state index contributed by atoms with van der Waals surface area (Å²) in [4.78, 5) is 0. The molecule has 0 aliphatic carbocycles. The maximum Gasteiger partial charge on any atom is 0.162 e. The summed E-state index contributed by atoms with van der Waals surface area (Å²) in [6.07, 6.45) is 0.944. The number of rotatable bonds is 8. The molecular weight excluding hydrogens is 310 g/mol. The summed E-state index contributed by atoms with van der Waals surface area (Å²) in [6.45, 7) is 7.98. The number of nitrogens with one attached hydrogen (secondary N) is 1. The molecule has 0 spiro atoms. The quantitative estimate of drug-likeness (QED) is 0.697. The van der Waals surface area contributed by atoms with Crippen molar-refractivity contribution >= 4 is 17.3 Å². The average molecular weight is 334 g/mol. The Kier molecular flexibility index (Phi) is 6.60. The molecule has 0 aliphatic rings. The first-order chi connectivity index (χ1) is 11.1. The average Bonchev–Trinajstić information content (AvgIpc) is 2.55. The highest BCUT2D eigenvalue weighted by Gasteiger charge is 2.11. The van der Waals surface area contributed by atoms with E-state index in [0.717, 1.165) is 23.4 Å². The van der Waals surface area contributed by atoms with E-state index in [4.69, 9.17) is 21.1 Å². The molecule has 0 bridgehead atoms. The fraction of sp³-hybridized carbons (Fsp3) is 0.368. The van der Waals surface area contributed by atoms with Crippen molar-refractivity contribution in [2.75, 3.05) is 18.5 Å². The lowest BCUT2D eigenvalue weighted by Gasteiger charge is -2.15. The van der Waals surface area contributed by atoms with Crippen LogP contribution in [0.25, 0.3) is 0 Å². The number of hydrogen-bond donors (Lipinski definition) is 1. The maximum absolute atomic E-state index is 6.40. The number of halogens is 1. The monoisotopic (exact) mass is 333 g/mol. The predicted molar refractivity (Wildman–Crippen MR) is 96.9 cm³/mol. The third-order valence-corrected chi connectivity index (χ3v) is 3.76. The molecule has 2 aromatic rings. The molecule has 0 atom stereocenters. The van der Waals surface area contributed by atoms with Gasteiger partial charge in [0.1, 0.15) is 0 Å². The zero-order chi connectivity index (χ0) is 16.7. The third kappa shape index (κ3) is 5.07. The SMILES string of the molecule is CCCOc1cc(Cl)c(CNc2ccc(C)cc2)cc1OCC. The second-order valence-corrected chi connectivity index (χ2v) is 5.80. The Morgan fingerprint density at radius 1 is 1.00 bits per heavy atom. The highest BCUT2D eigenvalue weighted by atomic mass is 35.5. The third-order valence-electron chi connectivity index (χ3n) is 3.41. The van der Waals surface area contributed by atoms with E-state index in [0.29, 0.717) is 30.5 Å². The van der Waals surface area contributed by atoms with Gasteiger partial charge >= 0.3 is 0 Å². The van der Waals surface area contributed by atoms with Gasteiger partial charge < -0.3 is 14.8 Å². The lowest BCUT2D eigenvalue weighted by molar-refractivity contribution is 0.276. The number of ether oxygens (including phenoxy) is 2. The van der Waals surface area contributed by atoms with Crippen molar-refractivity contribution in [1.82, 2.24) is 0 Å². The van der Waals surface area contributed by atoms with Crippen LogP contribution in [0, 0.1) is 6.92 Å². The van der Waals surface area contributed by atoms with Crippen LogP contribution < -0.4 is 14.8 Å². The molecule has 0 saturated heterocycles. The molecule has 0 aromatic heterocycles. The second-order valence-electron chi connectivity index (χ2n) is 5.39. The molecule has 1 N–H and O–H groups in total. The lowest BCUT2D eigenvalue weighted by Crippen LogP contribution is -2.04. The molecule has 0 amide bonds. The van der Waals surface area contributed by atoms with Crippen molar-refractivity contribution < 1.29 is 9.47 Å². The maximum atomic E-state index is 6.40. The largest absolute Gasteiger partial charge is 0.490 e. The van der Waals surface area contributed by atoms with Crippen LogP contribution in [0.15, 0.2) is 36.4 Å². The number of aryl methyl sites for hydroxylation is 1. The molecule has 0 radical (unpaired) electrons. The minimum absolute atomic E-state index is 0.592. The second kappa shape index (κ2) is 8.68. The zero-order valence-electron chi connectivity index (χ0n) is 14.0. The van der Waals surface area contributed by atoms with Crippen molar-refractivity contribution in [2.45, 2.75) is 33.7 Å². The minimum atomic E-state index is 0.592. The summed E-state index contributed by atoms with van der Waals surface area (Å²) in [7, 11) is 0. The topological polar surface area (TPSA) is 30.5 Å². The van der Waals surface area contributed by atoms with Crippen molar-refractivity contribution in [3.63, 3.8) is 0 Å². The van der Waals surface area contributed by atoms with E-state index in [2.05, 4.69) is 43.4 Å². The van der Waals surface area contributed by atoms with E-state index in [9.17, 15) is 0 Å². The molecule has 124 valence electrons. The van der Waals surface area contributed by atoms with Crippen molar-refractivity contribution in [3.05, 3.63) is 52.5 Å². The van der Waals surface area contributed by atoms with E-state index >= 15 is 0 Å². The molecule has 0 fully saturated rings. The fourth-order valence-electron chi connectivity index (χ4n) is 2.17. The van der Waals surface area contributed by atoms with Crippen molar-refractivity contribution in [2.24, 2.45) is 0 Å². The van der Waals surface area contributed by atoms with Gasteiger partial charge in [-0.3, -0.25) is 0 Å². The Morgan fingerprint density at radius 2 is 1.70 bits per heavy atom. The highest BCUT2D eigenvalue weighted by Crippen LogP contribution is 2.34. The Labute approximate surface area is 143 Å². The fourth-order valence-corrected chi connectivity index (χ4v) is 2.39. The van der Waals surface area contributed by atoms with Gasteiger partial charge in [-0.1, -0.05) is 36.2 Å². The first-order valence-corrected chi connectivity index (χ1v) is 8.40. The van der Waals surface area contributed by atoms with Crippen LogP contribution >= 0.6 is 11.6 Å². The number of hydrogen-bond acceptors (Lipinski definition) is 3. The molecule has 4 heteroatoms. The summed E-state index contributed by atoms with van der Waals surface area (Å²) in [5, 5.41) is 4.06. The van der Waals surface area contributed by atoms with Crippen molar-refractivity contribution in [3.8, 4) is 11.5 Å². The molecule has 0 heterocycles. The smallest absolute Gasteiger partial charge is 0.162 e. The molecule has 23 heavy (non-hydrogen) atoms. The zero-order valence-corrected chi connectivity index (χ0v) is 14.7.